The minimum Gasteiger partial charge on any atom is -0.325 e. The molecular formula is C9H9F4NS. The van der Waals surface area contributed by atoms with Gasteiger partial charge in [0, 0.05) is 10.5 Å². The van der Waals surface area contributed by atoms with Gasteiger partial charge in [0.2, 0.25) is 0 Å². The maximum Gasteiger partial charge on any atom is 0.288 e. The Morgan fingerprint density at radius 3 is 2.13 bits per heavy atom. The van der Waals surface area contributed by atoms with E-state index >= 15 is 0 Å². The van der Waals surface area contributed by atoms with E-state index < -0.39 is 18.2 Å². The number of hydrogen-bond donors (Lipinski definition) is 1. The van der Waals surface area contributed by atoms with Gasteiger partial charge in [-0.15, -0.1) is 0 Å². The molecule has 1 rings (SSSR count). The van der Waals surface area contributed by atoms with Crippen LogP contribution in [-0.4, -0.2) is 12.3 Å². The highest BCUT2D eigenvalue weighted by Crippen LogP contribution is 2.30. The first-order valence-corrected chi connectivity index (χ1v) is 4.97. The maximum atomic E-state index is 13.0. The van der Waals surface area contributed by atoms with Crippen molar-refractivity contribution in [1.82, 2.24) is 0 Å². The molecule has 2 N–H and O–H groups in total. The van der Waals surface area contributed by atoms with E-state index in [1.165, 1.54) is 12.1 Å². The van der Waals surface area contributed by atoms with Gasteiger partial charge in [-0.05, 0) is 12.1 Å². The van der Waals surface area contributed by atoms with Crippen LogP contribution in [0.3, 0.4) is 0 Å². The Morgan fingerprint density at radius 2 is 1.73 bits per heavy atom. The molecule has 0 saturated carbocycles. The number of alkyl halides is 4. The van der Waals surface area contributed by atoms with Crippen LogP contribution in [0.2, 0.25) is 0 Å². The number of benzene rings is 1. The first-order valence-electron chi connectivity index (χ1n) is 4.09. The third kappa shape index (κ3) is 3.39. The molecule has 1 nitrogen and oxygen atoms in total. The van der Waals surface area contributed by atoms with Gasteiger partial charge < -0.3 is 5.73 Å². The minimum absolute atomic E-state index is 0.251. The monoisotopic (exact) mass is 239 g/mol. The number of halogens is 4. The largest absolute Gasteiger partial charge is 0.325 e. The standard InChI is InChI=1S/C9H9F4NS/c10-8(11)15-7-3-1-6(2-4-7)9(12,13)5-14/h1-4,8H,5,14H2. The zero-order chi connectivity index (χ0) is 11.5. The van der Waals surface area contributed by atoms with Crippen LogP contribution in [0.25, 0.3) is 0 Å². The van der Waals surface area contributed by atoms with Crippen LogP contribution in [-0.2, 0) is 5.92 Å². The van der Waals surface area contributed by atoms with Crippen molar-refractivity contribution in [2.24, 2.45) is 5.73 Å². The van der Waals surface area contributed by atoms with E-state index in [0.717, 1.165) is 12.1 Å². The number of thioether (sulfide) groups is 1. The van der Waals surface area contributed by atoms with E-state index in [-0.39, 0.29) is 10.5 Å². The average Bonchev–Trinajstić information content (AvgIpc) is 2.18. The highest BCUT2D eigenvalue weighted by atomic mass is 32.2. The van der Waals surface area contributed by atoms with E-state index in [1.54, 1.807) is 0 Å². The van der Waals surface area contributed by atoms with Crippen LogP contribution >= 0.6 is 11.8 Å². The normalized spacial score (nSPS) is 12.1. The van der Waals surface area contributed by atoms with Crippen LogP contribution in [0.1, 0.15) is 5.56 Å². The second-order valence-corrected chi connectivity index (χ2v) is 3.87. The summed E-state index contributed by atoms with van der Waals surface area (Å²) in [7, 11) is 0. The van der Waals surface area contributed by atoms with E-state index in [4.69, 9.17) is 5.73 Å². The molecule has 0 radical (unpaired) electrons. The summed E-state index contributed by atoms with van der Waals surface area (Å²) in [5.41, 5.74) is 4.62. The van der Waals surface area contributed by atoms with Crippen molar-refractivity contribution in [3.05, 3.63) is 29.8 Å². The van der Waals surface area contributed by atoms with Crippen molar-refractivity contribution in [2.75, 3.05) is 6.54 Å². The number of hydrogen-bond acceptors (Lipinski definition) is 2. The third-order valence-electron chi connectivity index (χ3n) is 1.76. The summed E-state index contributed by atoms with van der Waals surface area (Å²) in [4.78, 5) is 0.251. The molecule has 6 heteroatoms. The Kier molecular flexibility index (Phi) is 3.98. The SMILES string of the molecule is NCC(F)(F)c1ccc(SC(F)F)cc1. The molecule has 0 amide bonds. The molecule has 1 aromatic carbocycles. The quantitative estimate of drug-likeness (QED) is 0.645. The predicted octanol–water partition coefficient (Wildman–Crippen LogP) is 3.05. The summed E-state index contributed by atoms with van der Waals surface area (Å²) in [6.45, 7) is -0.797. The summed E-state index contributed by atoms with van der Waals surface area (Å²) in [5, 5.41) is 0. The van der Waals surface area contributed by atoms with Crippen LogP contribution in [0, 0.1) is 0 Å². The molecule has 0 aromatic heterocycles. The van der Waals surface area contributed by atoms with Crippen LogP contribution in [0.15, 0.2) is 29.2 Å². The van der Waals surface area contributed by atoms with Crippen molar-refractivity contribution in [2.45, 2.75) is 16.6 Å². The second-order valence-electron chi connectivity index (χ2n) is 2.81. The molecule has 0 atom stereocenters. The summed E-state index contributed by atoms with van der Waals surface area (Å²) < 4.78 is 49.8. The smallest absolute Gasteiger partial charge is 0.288 e. The molecular weight excluding hydrogens is 230 g/mol. The number of nitrogens with two attached hydrogens (primary N) is 1. The molecule has 15 heavy (non-hydrogen) atoms. The van der Waals surface area contributed by atoms with Gasteiger partial charge in [-0.2, -0.15) is 17.6 Å². The Bertz CT molecular complexity index is 312. The lowest BCUT2D eigenvalue weighted by atomic mass is 10.1. The van der Waals surface area contributed by atoms with Gasteiger partial charge in [0.25, 0.3) is 11.7 Å². The molecule has 0 saturated heterocycles. The van der Waals surface area contributed by atoms with Gasteiger partial charge in [0.05, 0.1) is 6.54 Å². The van der Waals surface area contributed by atoms with Crippen molar-refractivity contribution in [1.29, 1.82) is 0 Å². The van der Waals surface area contributed by atoms with Gasteiger partial charge in [0.1, 0.15) is 0 Å². The fourth-order valence-electron chi connectivity index (χ4n) is 0.998. The van der Waals surface area contributed by atoms with Crippen molar-refractivity contribution in [3.63, 3.8) is 0 Å². The lowest BCUT2D eigenvalue weighted by molar-refractivity contribution is 0.00590. The Balaban J connectivity index is 2.81. The van der Waals surface area contributed by atoms with E-state index in [9.17, 15) is 17.6 Å². The molecule has 0 spiro atoms. The summed E-state index contributed by atoms with van der Waals surface area (Å²) in [6.07, 6.45) is 0. The van der Waals surface area contributed by atoms with E-state index in [1.807, 2.05) is 0 Å². The zero-order valence-electron chi connectivity index (χ0n) is 7.59. The molecule has 0 aliphatic heterocycles. The van der Waals surface area contributed by atoms with Crippen molar-refractivity contribution < 1.29 is 17.6 Å². The molecule has 0 aliphatic carbocycles. The van der Waals surface area contributed by atoms with Crippen LogP contribution < -0.4 is 5.73 Å². The van der Waals surface area contributed by atoms with Crippen LogP contribution in [0.4, 0.5) is 17.6 Å². The van der Waals surface area contributed by atoms with Gasteiger partial charge in [0.15, 0.2) is 0 Å². The first kappa shape index (κ1) is 12.3. The van der Waals surface area contributed by atoms with Crippen LogP contribution in [0.5, 0.6) is 0 Å². The lowest BCUT2D eigenvalue weighted by Crippen LogP contribution is -2.24. The Morgan fingerprint density at radius 1 is 1.20 bits per heavy atom. The van der Waals surface area contributed by atoms with E-state index in [0.29, 0.717) is 11.8 Å². The predicted molar refractivity (Wildman–Crippen MR) is 51.3 cm³/mol. The molecule has 0 heterocycles. The third-order valence-corrected chi connectivity index (χ3v) is 2.48. The molecule has 1 aromatic rings. The topological polar surface area (TPSA) is 26.0 Å². The van der Waals surface area contributed by atoms with Gasteiger partial charge in [-0.1, -0.05) is 23.9 Å². The Labute approximate surface area is 88.7 Å². The second kappa shape index (κ2) is 4.85. The highest BCUT2D eigenvalue weighted by molar-refractivity contribution is 7.99. The highest BCUT2D eigenvalue weighted by Gasteiger charge is 2.29. The van der Waals surface area contributed by atoms with Gasteiger partial charge in [-0.25, -0.2) is 0 Å². The fourth-order valence-corrected chi connectivity index (χ4v) is 1.50. The van der Waals surface area contributed by atoms with Crippen molar-refractivity contribution >= 4 is 11.8 Å². The Hall–Kier alpha value is -0.750. The van der Waals surface area contributed by atoms with Gasteiger partial charge >= 0.3 is 0 Å². The molecule has 0 unspecified atom stereocenters. The summed E-state index contributed by atoms with van der Waals surface area (Å²) in [6, 6.07) is 4.68. The fraction of sp³-hybridized carbons (Fsp3) is 0.333. The zero-order valence-corrected chi connectivity index (χ0v) is 8.41. The first-order chi connectivity index (χ1) is 6.95. The maximum absolute atomic E-state index is 13.0. The molecule has 0 bridgehead atoms. The molecule has 0 fully saturated rings. The molecule has 84 valence electrons. The molecule has 0 aliphatic rings. The summed E-state index contributed by atoms with van der Waals surface area (Å²) in [5.74, 6) is -5.65. The minimum atomic E-state index is -3.10. The van der Waals surface area contributed by atoms with Gasteiger partial charge in [-0.3, -0.25) is 0 Å². The summed E-state index contributed by atoms with van der Waals surface area (Å²) >= 11 is 0.316. The number of rotatable bonds is 4. The van der Waals surface area contributed by atoms with Crippen molar-refractivity contribution in [3.8, 4) is 0 Å². The lowest BCUT2D eigenvalue weighted by Gasteiger charge is -2.14. The van der Waals surface area contributed by atoms with E-state index in [2.05, 4.69) is 0 Å². The average molecular weight is 239 g/mol.